The van der Waals surface area contributed by atoms with Crippen molar-refractivity contribution in [1.82, 2.24) is 9.62 Å². The van der Waals surface area contributed by atoms with Gasteiger partial charge in [0.2, 0.25) is 16.8 Å². The van der Waals surface area contributed by atoms with E-state index in [2.05, 4.69) is 5.32 Å². The maximum Gasteiger partial charge on any atom is 0.415 e. The fourth-order valence-electron chi connectivity index (χ4n) is 5.05. The summed E-state index contributed by atoms with van der Waals surface area (Å²) in [6, 6.07) is 21.6. The van der Waals surface area contributed by atoms with Gasteiger partial charge >= 0.3 is 6.09 Å². The maximum atomic E-state index is 13.8. The summed E-state index contributed by atoms with van der Waals surface area (Å²) < 4.78 is 44.9. The molecular formula is C31H35N3O8S. The van der Waals surface area contributed by atoms with Crippen LogP contribution in [0.5, 0.6) is 11.5 Å². The number of amides is 2. The third-order valence-corrected chi connectivity index (χ3v) is 9.03. The number of hydrogen-bond donors (Lipinski definition) is 2. The van der Waals surface area contributed by atoms with Gasteiger partial charge in [0.15, 0.2) is 17.6 Å². The van der Waals surface area contributed by atoms with Crippen LogP contribution in [0.25, 0.3) is 0 Å². The third kappa shape index (κ3) is 7.10. The summed E-state index contributed by atoms with van der Waals surface area (Å²) in [5.41, 5.74) is 1.43. The highest BCUT2D eigenvalue weighted by Crippen LogP contribution is 2.35. The first-order valence-corrected chi connectivity index (χ1v) is 15.5. The van der Waals surface area contributed by atoms with Crippen LogP contribution in [-0.2, 0) is 26.0 Å². The van der Waals surface area contributed by atoms with E-state index in [-0.39, 0.29) is 43.7 Å². The van der Waals surface area contributed by atoms with Gasteiger partial charge in [-0.2, -0.15) is 4.31 Å². The molecule has 0 bridgehead atoms. The number of rotatable bonds is 12. The van der Waals surface area contributed by atoms with Crippen molar-refractivity contribution in [3.05, 3.63) is 84.4 Å². The van der Waals surface area contributed by atoms with Crippen LogP contribution in [0, 0.1) is 5.92 Å². The average molecular weight is 610 g/mol. The molecule has 1 fully saturated rings. The van der Waals surface area contributed by atoms with E-state index in [1.54, 1.807) is 30.3 Å². The average Bonchev–Trinajstić information content (AvgIpc) is 3.63. The van der Waals surface area contributed by atoms with Crippen molar-refractivity contribution in [3.8, 4) is 11.5 Å². The molecule has 1 saturated heterocycles. The summed E-state index contributed by atoms with van der Waals surface area (Å²) in [5, 5.41) is 14.3. The Labute approximate surface area is 251 Å². The summed E-state index contributed by atoms with van der Waals surface area (Å²) in [6.07, 6.45) is -2.84. The summed E-state index contributed by atoms with van der Waals surface area (Å²) in [7, 11) is -4.06. The molecule has 2 aliphatic rings. The summed E-state index contributed by atoms with van der Waals surface area (Å²) in [6.45, 7) is 3.61. The van der Waals surface area contributed by atoms with Crippen molar-refractivity contribution < 1.29 is 37.3 Å². The number of carbonyl (C=O) groups is 2. The highest BCUT2D eigenvalue weighted by molar-refractivity contribution is 7.89. The van der Waals surface area contributed by atoms with E-state index in [1.165, 1.54) is 21.3 Å². The molecule has 0 unspecified atom stereocenters. The predicted molar refractivity (Wildman–Crippen MR) is 158 cm³/mol. The van der Waals surface area contributed by atoms with E-state index in [1.807, 2.05) is 50.2 Å². The van der Waals surface area contributed by atoms with E-state index in [9.17, 15) is 23.1 Å². The first kappa shape index (κ1) is 30.3. The second-order valence-corrected chi connectivity index (χ2v) is 12.9. The number of nitrogens with one attached hydrogen (secondary N) is 1. The Kier molecular flexibility index (Phi) is 9.19. The number of aliphatic hydroxyl groups is 1. The van der Waals surface area contributed by atoms with E-state index in [4.69, 9.17) is 14.2 Å². The number of sulfonamides is 1. The van der Waals surface area contributed by atoms with Gasteiger partial charge in [0.25, 0.3) is 5.91 Å². The molecule has 43 heavy (non-hydrogen) atoms. The monoisotopic (exact) mass is 609 g/mol. The fraction of sp³-hybridized carbons (Fsp3) is 0.355. The molecule has 0 saturated carbocycles. The van der Waals surface area contributed by atoms with Crippen molar-refractivity contribution in [2.45, 2.75) is 43.4 Å². The van der Waals surface area contributed by atoms with Crippen molar-refractivity contribution in [2.24, 2.45) is 5.92 Å². The first-order valence-electron chi connectivity index (χ1n) is 14.1. The van der Waals surface area contributed by atoms with Crippen LogP contribution in [0.1, 0.15) is 19.4 Å². The topological polar surface area (TPSA) is 135 Å². The molecule has 3 aromatic carbocycles. The number of ether oxygens (including phenoxy) is 3. The Morgan fingerprint density at radius 1 is 1.00 bits per heavy atom. The zero-order valence-corrected chi connectivity index (χ0v) is 24.8. The van der Waals surface area contributed by atoms with Gasteiger partial charge in [-0.25, -0.2) is 13.2 Å². The normalized spacial score (nSPS) is 17.7. The number of hydrogen-bond acceptors (Lipinski definition) is 8. The summed E-state index contributed by atoms with van der Waals surface area (Å²) in [4.78, 5) is 27.3. The van der Waals surface area contributed by atoms with Crippen LogP contribution in [0.4, 0.5) is 10.5 Å². The van der Waals surface area contributed by atoms with E-state index < -0.39 is 40.3 Å². The lowest BCUT2D eigenvalue weighted by atomic mass is 10.0. The molecule has 0 aromatic heterocycles. The van der Waals surface area contributed by atoms with E-state index in [0.29, 0.717) is 17.2 Å². The van der Waals surface area contributed by atoms with Gasteiger partial charge in [-0.1, -0.05) is 62.4 Å². The van der Waals surface area contributed by atoms with Crippen LogP contribution < -0.4 is 19.7 Å². The fourth-order valence-corrected chi connectivity index (χ4v) is 6.68. The minimum absolute atomic E-state index is 0.000794. The van der Waals surface area contributed by atoms with Gasteiger partial charge < -0.3 is 24.6 Å². The highest BCUT2D eigenvalue weighted by atomic mass is 32.2. The van der Waals surface area contributed by atoms with Gasteiger partial charge in [0.05, 0.1) is 23.6 Å². The third-order valence-electron chi connectivity index (χ3n) is 7.20. The molecule has 12 heteroatoms. The highest BCUT2D eigenvalue weighted by Gasteiger charge is 2.39. The van der Waals surface area contributed by atoms with Gasteiger partial charge in [-0.05, 0) is 42.2 Å². The van der Waals surface area contributed by atoms with E-state index in [0.717, 1.165) is 5.56 Å². The Hall–Kier alpha value is -4.13. The number of anilines is 1. The van der Waals surface area contributed by atoms with Crippen molar-refractivity contribution in [1.29, 1.82) is 0 Å². The van der Waals surface area contributed by atoms with Gasteiger partial charge in [-0.15, -0.1) is 0 Å². The number of benzene rings is 3. The molecule has 5 rings (SSSR count). The Bertz CT molecular complexity index is 1540. The second kappa shape index (κ2) is 13.0. The molecule has 2 amide bonds. The first-order chi connectivity index (χ1) is 20.6. The van der Waals surface area contributed by atoms with Crippen LogP contribution in [-0.4, -0.2) is 74.5 Å². The lowest BCUT2D eigenvalue weighted by molar-refractivity contribution is -0.129. The largest absolute Gasteiger partial charge is 0.454 e. The molecule has 3 aromatic rings. The standard InChI is InChI=1S/C31H35N3O8S/c1-21(2)17-33(43(38,39)24-13-14-27-28(16-24)41-20-40-27)18-26(35)25(15-22-9-5-3-6-10-22)32-30(36)29-19-34(31(37)42-29)23-11-7-4-8-12-23/h3-14,16,21,25-26,29,35H,15,17-20H2,1-2H3,(H,32,36)/t25-,26+,29-/m0/s1. The number of cyclic esters (lactones) is 1. The van der Waals surface area contributed by atoms with Crippen LogP contribution >= 0.6 is 0 Å². The maximum absolute atomic E-state index is 13.8. The second-order valence-electron chi connectivity index (χ2n) is 10.9. The van der Waals surface area contributed by atoms with Gasteiger partial charge in [-0.3, -0.25) is 9.69 Å². The minimum Gasteiger partial charge on any atom is -0.454 e. The van der Waals surface area contributed by atoms with Crippen molar-refractivity contribution >= 4 is 27.7 Å². The number of aliphatic hydroxyl groups excluding tert-OH is 1. The Morgan fingerprint density at radius 2 is 1.67 bits per heavy atom. The zero-order valence-electron chi connectivity index (χ0n) is 24.0. The quantitative estimate of drug-likeness (QED) is 0.320. The van der Waals surface area contributed by atoms with Gasteiger partial charge in [0, 0.05) is 24.8 Å². The zero-order chi connectivity index (χ0) is 30.6. The summed E-state index contributed by atoms with van der Waals surface area (Å²) >= 11 is 0. The number of carbonyl (C=O) groups excluding carboxylic acids is 2. The van der Waals surface area contributed by atoms with E-state index >= 15 is 0 Å². The number of nitrogens with zero attached hydrogens (tertiary/aromatic N) is 2. The molecule has 228 valence electrons. The molecule has 11 nitrogen and oxygen atoms in total. The van der Waals surface area contributed by atoms with Crippen molar-refractivity contribution in [2.75, 3.05) is 31.3 Å². The molecule has 2 N–H and O–H groups in total. The van der Waals surface area contributed by atoms with Crippen LogP contribution in [0.3, 0.4) is 0 Å². The van der Waals surface area contributed by atoms with Gasteiger partial charge in [0.1, 0.15) is 0 Å². The lowest BCUT2D eigenvalue weighted by Gasteiger charge is -2.31. The Balaban J connectivity index is 1.35. The molecule has 2 aliphatic heterocycles. The molecule has 2 heterocycles. The minimum atomic E-state index is -4.06. The SMILES string of the molecule is CC(C)CN(C[C@@H](O)[C@H](Cc1ccccc1)NC(=O)[C@@H]1CN(c2ccccc2)C(=O)O1)S(=O)(=O)c1ccc2c(c1)OCO2. The molecule has 0 radical (unpaired) electrons. The molecule has 0 aliphatic carbocycles. The summed E-state index contributed by atoms with van der Waals surface area (Å²) in [5.74, 6) is 0.148. The lowest BCUT2D eigenvalue weighted by Crippen LogP contribution is -2.53. The predicted octanol–water partition coefficient (Wildman–Crippen LogP) is 3.18. The number of para-hydroxylation sites is 1. The van der Waals surface area contributed by atoms with Crippen LogP contribution in [0.15, 0.2) is 83.8 Å². The van der Waals surface area contributed by atoms with Crippen molar-refractivity contribution in [3.63, 3.8) is 0 Å². The molecule has 0 spiro atoms. The Morgan fingerprint density at radius 3 is 2.37 bits per heavy atom. The molecular weight excluding hydrogens is 574 g/mol. The number of fused-ring (bicyclic) bond motifs is 1. The van der Waals surface area contributed by atoms with Crippen LogP contribution in [0.2, 0.25) is 0 Å². The molecule has 3 atom stereocenters. The smallest absolute Gasteiger partial charge is 0.415 e.